The van der Waals surface area contributed by atoms with Crippen LogP contribution in [0.5, 0.6) is 0 Å². The summed E-state index contributed by atoms with van der Waals surface area (Å²) >= 11 is 0. The first-order valence-electron chi connectivity index (χ1n) is 8.97. The Bertz CT molecular complexity index is 792. The van der Waals surface area contributed by atoms with Crippen LogP contribution < -0.4 is 5.73 Å². The molecule has 0 saturated heterocycles. The predicted molar refractivity (Wildman–Crippen MR) is 101 cm³/mol. The van der Waals surface area contributed by atoms with Gasteiger partial charge in [0.1, 0.15) is 6.10 Å². The molecular formula is C22H27NO2. The number of amides is 1. The molecule has 0 aliphatic heterocycles. The molecule has 1 aliphatic carbocycles. The minimum atomic E-state index is -0.709. The molecule has 1 atom stereocenters. The summed E-state index contributed by atoms with van der Waals surface area (Å²) in [5, 5.41) is 0. The lowest BCUT2D eigenvalue weighted by atomic mass is 9.71. The zero-order chi connectivity index (χ0) is 18.2. The van der Waals surface area contributed by atoms with Crippen molar-refractivity contribution in [3.8, 4) is 11.1 Å². The fourth-order valence-electron chi connectivity index (χ4n) is 3.68. The van der Waals surface area contributed by atoms with E-state index in [1.54, 1.807) is 0 Å². The van der Waals surface area contributed by atoms with Crippen LogP contribution in [-0.4, -0.2) is 6.09 Å². The van der Waals surface area contributed by atoms with E-state index in [1.165, 1.54) is 22.3 Å². The smallest absolute Gasteiger partial charge is 0.405 e. The van der Waals surface area contributed by atoms with Crippen molar-refractivity contribution < 1.29 is 9.53 Å². The Hall–Kier alpha value is -2.29. The van der Waals surface area contributed by atoms with Crippen LogP contribution in [0.4, 0.5) is 4.79 Å². The molecule has 2 N–H and O–H groups in total. The van der Waals surface area contributed by atoms with Gasteiger partial charge < -0.3 is 10.5 Å². The van der Waals surface area contributed by atoms with Crippen LogP contribution in [0.3, 0.4) is 0 Å². The van der Waals surface area contributed by atoms with Crippen LogP contribution >= 0.6 is 0 Å². The van der Waals surface area contributed by atoms with Crippen LogP contribution in [-0.2, 0) is 11.2 Å². The molecule has 2 aromatic rings. The third kappa shape index (κ3) is 3.55. The summed E-state index contributed by atoms with van der Waals surface area (Å²) in [6, 6.07) is 15.2. The highest BCUT2D eigenvalue weighted by Crippen LogP contribution is 2.46. The van der Waals surface area contributed by atoms with Crippen molar-refractivity contribution in [3.63, 3.8) is 0 Å². The van der Waals surface area contributed by atoms with Gasteiger partial charge in [0.25, 0.3) is 0 Å². The Morgan fingerprint density at radius 3 is 2.56 bits per heavy atom. The van der Waals surface area contributed by atoms with E-state index in [9.17, 15) is 4.79 Å². The van der Waals surface area contributed by atoms with Crippen LogP contribution in [0.1, 0.15) is 62.8 Å². The number of nitrogens with two attached hydrogens (primary N) is 1. The van der Waals surface area contributed by atoms with Crippen LogP contribution in [0.25, 0.3) is 11.1 Å². The van der Waals surface area contributed by atoms with Crippen molar-refractivity contribution in [2.24, 2.45) is 11.1 Å². The average Bonchev–Trinajstić information content (AvgIpc) is 2.57. The normalized spacial score (nSPS) is 18.7. The van der Waals surface area contributed by atoms with Crippen molar-refractivity contribution in [2.45, 2.75) is 52.6 Å². The Labute approximate surface area is 150 Å². The minimum Gasteiger partial charge on any atom is -0.441 e. The molecule has 1 unspecified atom stereocenters. The first-order valence-corrected chi connectivity index (χ1v) is 8.97. The predicted octanol–water partition coefficient (Wildman–Crippen LogP) is 5.59. The maximum Gasteiger partial charge on any atom is 0.405 e. The monoisotopic (exact) mass is 337 g/mol. The van der Waals surface area contributed by atoms with Gasteiger partial charge in [0.15, 0.2) is 0 Å². The van der Waals surface area contributed by atoms with Crippen molar-refractivity contribution >= 4 is 6.09 Å². The van der Waals surface area contributed by atoms with Gasteiger partial charge in [0, 0.05) is 5.41 Å². The van der Waals surface area contributed by atoms with E-state index < -0.39 is 6.09 Å². The molecular weight excluding hydrogens is 310 g/mol. The van der Waals surface area contributed by atoms with Gasteiger partial charge in [0.05, 0.1) is 0 Å². The average molecular weight is 337 g/mol. The van der Waals surface area contributed by atoms with Gasteiger partial charge in [-0.05, 0) is 46.6 Å². The molecule has 132 valence electrons. The highest BCUT2D eigenvalue weighted by Gasteiger charge is 2.38. The number of fused-ring (bicyclic) bond motifs is 1. The van der Waals surface area contributed by atoms with Gasteiger partial charge in [0.2, 0.25) is 0 Å². The standard InChI is InChI=1S/C22H27NO2/c1-14(2)15-6-5-7-16(12-15)17-8-9-19-18(13-17)10-11-22(3,4)20(19)25-21(23)24/h5-9,12-14,20H,10-11H2,1-4H3,(H2,23,24). The topological polar surface area (TPSA) is 52.3 Å². The molecule has 0 fully saturated rings. The van der Waals surface area contributed by atoms with Gasteiger partial charge in [-0.1, -0.05) is 70.2 Å². The number of hydrogen-bond acceptors (Lipinski definition) is 2. The molecule has 3 nitrogen and oxygen atoms in total. The summed E-state index contributed by atoms with van der Waals surface area (Å²) in [5.74, 6) is 0.506. The lowest BCUT2D eigenvalue weighted by Gasteiger charge is -2.39. The number of benzene rings is 2. The molecule has 0 heterocycles. The SMILES string of the molecule is CC(C)c1cccc(-c2ccc3c(c2)CCC(C)(C)C3OC(N)=O)c1. The molecule has 0 spiro atoms. The van der Waals surface area contributed by atoms with E-state index in [0.29, 0.717) is 5.92 Å². The minimum absolute atomic E-state index is 0.110. The highest BCUT2D eigenvalue weighted by molar-refractivity contribution is 5.67. The molecule has 2 aromatic carbocycles. The quantitative estimate of drug-likeness (QED) is 0.794. The van der Waals surface area contributed by atoms with Crippen LogP contribution in [0, 0.1) is 5.41 Å². The Balaban J connectivity index is 2.00. The second-order valence-corrected chi connectivity index (χ2v) is 8.00. The molecule has 0 aromatic heterocycles. The maximum absolute atomic E-state index is 11.4. The highest BCUT2D eigenvalue weighted by atomic mass is 16.6. The molecule has 25 heavy (non-hydrogen) atoms. The van der Waals surface area contributed by atoms with E-state index in [1.807, 2.05) is 0 Å². The third-order valence-electron chi connectivity index (χ3n) is 5.29. The fourth-order valence-corrected chi connectivity index (χ4v) is 3.68. The number of primary amides is 1. The summed E-state index contributed by atoms with van der Waals surface area (Å²) in [5.41, 5.74) is 11.3. The maximum atomic E-state index is 11.4. The Morgan fingerprint density at radius 2 is 1.88 bits per heavy atom. The van der Waals surface area contributed by atoms with E-state index in [4.69, 9.17) is 10.5 Å². The number of carbonyl (C=O) groups is 1. The number of ether oxygens (including phenoxy) is 1. The zero-order valence-electron chi connectivity index (χ0n) is 15.5. The van der Waals surface area contributed by atoms with E-state index >= 15 is 0 Å². The van der Waals surface area contributed by atoms with Gasteiger partial charge in [-0.2, -0.15) is 0 Å². The largest absolute Gasteiger partial charge is 0.441 e. The van der Waals surface area contributed by atoms with Crippen molar-refractivity contribution in [2.75, 3.05) is 0 Å². The molecule has 1 aliphatic rings. The van der Waals surface area contributed by atoms with Gasteiger partial charge in [-0.3, -0.25) is 0 Å². The van der Waals surface area contributed by atoms with Crippen molar-refractivity contribution in [1.82, 2.24) is 0 Å². The molecule has 0 bridgehead atoms. The number of carbonyl (C=O) groups excluding carboxylic acids is 1. The summed E-state index contributed by atoms with van der Waals surface area (Å²) in [6.45, 7) is 8.67. The van der Waals surface area contributed by atoms with E-state index in [-0.39, 0.29) is 11.5 Å². The van der Waals surface area contributed by atoms with Gasteiger partial charge >= 0.3 is 6.09 Å². The fraction of sp³-hybridized carbons (Fsp3) is 0.409. The van der Waals surface area contributed by atoms with Crippen LogP contribution in [0.15, 0.2) is 42.5 Å². The molecule has 3 rings (SSSR count). The first-order chi connectivity index (χ1) is 11.8. The zero-order valence-corrected chi connectivity index (χ0v) is 15.5. The summed E-state index contributed by atoms with van der Waals surface area (Å²) in [4.78, 5) is 11.4. The Kier molecular flexibility index (Phi) is 4.59. The summed E-state index contributed by atoms with van der Waals surface area (Å²) < 4.78 is 5.47. The Morgan fingerprint density at radius 1 is 1.16 bits per heavy atom. The van der Waals surface area contributed by atoms with Crippen molar-refractivity contribution in [1.29, 1.82) is 0 Å². The summed E-state index contributed by atoms with van der Waals surface area (Å²) in [6.07, 6.45) is 0.955. The second kappa shape index (κ2) is 6.55. The molecule has 0 radical (unpaired) electrons. The van der Waals surface area contributed by atoms with Gasteiger partial charge in [-0.15, -0.1) is 0 Å². The summed E-state index contributed by atoms with van der Waals surface area (Å²) in [7, 11) is 0. The lowest BCUT2D eigenvalue weighted by Crippen LogP contribution is -2.33. The van der Waals surface area contributed by atoms with E-state index in [2.05, 4.69) is 70.2 Å². The lowest BCUT2D eigenvalue weighted by molar-refractivity contribution is 0.0147. The van der Waals surface area contributed by atoms with Crippen LogP contribution in [0.2, 0.25) is 0 Å². The van der Waals surface area contributed by atoms with E-state index in [0.717, 1.165) is 18.4 Å². The molecule has 0 saturated carbocycles. The second-order valence-electron chi connectivity index (χ2n) is 8.00. The number of hydrogen-bond donors (Lipinski definition) is 1. The van der Waals surface area contributed by atoms with Crippen molar-refractivity contribution in [3.05, 3.63) is 59.2 Å². The molecule has 3 heteroatoms. The first kappa shape index (κ1) is 17.5. The number of aryl methyl sites for hydroxylation is 1. The third-order valence-corrected chi connectivity index (χ3v) is 5.29. The molecule has 1 amide bonds. The van der Waals surface area contributed by atoms with Gasteiger partial charge in [-0.25, -0.2) is 4.79 Å². The number of rotatable bonds is 3.